The molecule has 2 N–H and O–H groups in total. The van der Waals surface area contributed by atoms with E-state index in [1.807, 2.05) is 0 Å². The lowest BCUT2D eigenvalue weighted by molar-refractivity contribution is -0.116. The molecule has 2 rings (SSSR count). The maximum absolute atomic E-state index is 12.4. The number of halogens is 3. The Hall–Kier alpha value is -1.60. The van der Waals surface area contributed by atoms with E-state index in [1.54, 1.807) is 0 Å². The number of nitrogens with one attached hydrogen (secondary N) is 2. The second kappa shape index (κ2) is 9.52. The molecule has 0 aromatic heterocycles. The molecule has 0 spiro atoms. The summed E-state index contributed by atoms with van der Waals surface area (Å²) in [5, 5.41) is 5.92. The fourth-order valence-corrected chi connectivity index (χ4v) is 2.45. The summed E-state index contributed by atoms with van der Waals surface area (Å²) in [6.07, 6.45) is 3.23. The number of amides is 1. The maximum Gasteiger partial charge on any atom is 0.387 e. The lowest BCUT2D eigenvalue weighted by Crippen LogP contribution is -2.23. The van der Waals surface area contributed by atoms with Crippen LogP contribution in [0.5, 0.6) is 11.5 Å². The Morgan fingerprint density at radius 1 is 1.48 bits per heavy atom. The number of benzene rings is 1. The van der Waals surface area contributed by atoms with E-state index < -0.39 is 6.61 Å². The summed E-state index contributed by atoms with van der Waals surface area (Å²) >= 11 is 0. The SMILES string of the molecule is COc1ccc(OC(F)F)c(NC(=O)CCC2CCCN2)c1.Cl. The fourth-order valence-electron chi connectivity index (χ4n) is 2.45. The van der Waals surface area contributed by atoms with E-state index in [-0.39, 0.29) is 29.8 Å². The van der Waals surface area contributed by atoms with Crippen LogP contribution < -0.4 is 20.1 Å². The van der Waals surface area contributed by atoms with Crippen LogP contribution in [-0.2, 0) is 4.79 Å². The molecule has 1 aromatic rings. The smallest absolute Gasteiger partial charge is 0.387 e. The molecule has 1 amide bonds. The number of rotatable bonds is 7. The fraction of sp³-hybridized carbons (Fsp3) is 0.533. The van der Waals surface area contributed by atoms with Gasteiger partial charge in [-0.05, 0) is 37.9 Å². The van der Waals surface area contributed by atoms with Crippen LogP contribution in [0.4, 0.5) is 14.5 Å². The Balaban J connectivity index is 0.00000264. The first-order valence-corrected chi connectivity index (χ1v) is 7.24. The van der Waals surface area contributed by atoms with E-state index in [9.17, 15) is 13.6 Å². The van der Waals surface area contributed by atoms with Crippen molar-refractivity contribution in [2.45, 2.75) is 38.3 Å². The summed E-state index contributed by atoms with van der Waals surface area (Å²) in [4.78, 5) is 12.0. The van der Waals surface area contributed by atoms with Gasteiger partial charge in [0, 0.05) is 18.5 Å². The van der Waals surface area contributed by atoms with Gasteiger partial charge in [-0.25, -0.2) is 0 Å². The predicted molar refractivity (Wildman–Crippen MR) is 85.8 cm³/mol. The lowest BCUT2D eigenvalue weighted by Gasteiger charge is -2.14. The van der Waals surface area contributed by atoms with Crippen molar-refractivity contribution in [3.8, 4) is 11.5 Å². The normalized spacial score (nSPS) is 16.8. The van der Waals surface area contributed by atoms with Crippen molar-refractivity contribution >= 4 is 24.0 Å². The number of ether oxygens (including phenoxy) is 2. The van der Waals surface area contributed by atoms with E-state index in [0.717, 1.165) is 25.8 Å². The summed E-state index contributed by atoms with van der Waals surface area (Å²) in [6, 6.07) is 4.66. The molecule has 1 aromatic carbocycles. The third-order valence-corrected chi connectivity index (χ3v) is 3.56. The van der Waals surface area contributed by atoms with Crippen LogP contribution in [0.3, 0.4) is 0 Å². The first kappa shape index (κ1) is 19.4. The number of hydrogen-bond acceptors (Lipinski definition) is 4. The molecule has 1 aliphatic heterocycles. The topological polar surface area (TPSA) is 59.6 Å². The van der Waals surface area contributed by atoms with Gasteiger partial charge >= 0.3 is 6.61 Å². The number of carbonyl (C=O) groups is 1. The minimum atomic E-state index is -2.95. The molecule has 0 radical (unpaired) electrons. The van der Waals surface area contributed by atoms with Crippen molar-refractivity contribution < 1.29 is 23.0 Å². The number of alkyl halides is 2. The van der Waals surface area contributed by atoms with Crippen molar-refractivity contribution in [1.82, 2.24) is 5.32 Å². The molecule has 0 bridgehead atoms. The molecule has 8 heteroatoms. The molecular formula is C15H21ClF2N2O3. The molecule has 1 saturated heterocycles. The number of anilines is 1. The molecule has 23 heavy (non-hydrogen) atoms. The van der Waals surface area contributed by atoms with Gasteiger partial charge in [-0.1, -0.05) is 0 Å². The monoisotopic (exact) mass is 350 g/mol. The third-order valence-electron chi connectivity index (χ3n) is 3.56. The Morgan fingerprint density at radius 3 is 2.87 bits per heavy atom. The number of carbonyl (C=O) groups excluding carboxylic acids is 1. The summed E-state index contributed by atoms with van der Waals surface area (Å²) in [7, 11) is 1.46. The van der Waals surface area contributed by atoms with Crippen molar-refractivity contribution in [3.63, 3.8) is 0 Å². The minimum Gasteiger partial charge on any atom is -0.497 e. The van der Waals surface area contributed by atoms with Crippen molar-refractivity contribution in [3.05, 3.63) is 18.2 Å². The van der Waals surface area contributed by atoms with Gasteiger partial charge in [0.05, 0.1) is 12.8 Å². The molecular weight excluding hydrogens is 330 g/mol. The molecule has 1 heterocycles. The van der Waals surface area contributed by atoms with Gasteiger partial charge in [0.15, 0.2) is 0 Å². The molecule has 1 fully saturated rings. The second-order valence-corrected chi connectivity index (χ2v) is 5.12. The van der Waals surface area contributed by atoms with Gasteiger partial charge in [0.1, 0.15) is 11.5 Å². The Morgan fingerprint density at radius 2 is 2.26 bits per heavy atom. The average Bonchev–Trinajstić information content (AvgIpc) is 3.00. The maximum atomic E-state index is 12.4. The summed E-state index contributed by atoms with van der Waals surface area (Å²) in [5.74, 6) is 0.138. The first-order valence-electron chi connectivity index (χ1n) is 7.24. The van der Waals surface area contributed by atoms with Gasteiger partial charge in [-0.15, -0.1) is 12.4 Å². The third kappa shape index (κ3) is 6.19. The van der Waals surface area contributed by atoms with Crippen LogP contribution in [0.1, 0.15) is 25.7 Å². The van der Waals surface area contributed by atoms with E-state index in [0.29, 0.717) is 18.2 Å². The Bertz CT molecular complexity index is 511. The standard InChI is InChI=1S/C15H20F2N2O3.ClH/c1-21-11-5-6-13(22-15(16)17)12(9-11)19-14(20)7-4-10-3-2-8-18-10;/h5-6,9-10,15,18H,2-4,7-8H2,1H3,(H,19,20);1H. The Kier molecular flexibility index (Phi) is 8.05. The minimum absolute atomic E-state index is 0. The average molecular weight is 351 g/mol. The summed E-state index contributed by atoms with van der Waals surface area (Å²) in [6.45, 7) is -1.97. The summed E-state index contributed by atoms with van der Waals surface area (Å²) < 4.78 is 34.2. The molecule has 0 aliphatic carbocycles. The van der Waals surface area contributed by atoms with Crippen LogP contribution in [0.2, 0.25) is 0 Å². The van der Waals surface area contributed by atoms with Gasteiger partial charge in [-0.3, -0.25) is 4.79 Å². The number of hydrogen-bond donors (Lipinski definition) is 2. The predicted octanol–water partition coefficient (Wildman–Crippen LogP) is 3.19. The lowest BCUT2D eigenvalue weighted by atomic mass is 10.1. The zero-order valence-electron chi connectivity index (χ0n) is 12.8. The van der Waals surface area contributed by atoms with Gasteiger partial charge in [0.25, 0.3) is 0 Å². The zero-order chi connectivity index (χ0) is 15.9. The van der Waals surface area contributed by atoms with Crippen LogP contribution in [0, 0.1) is 0 Å². The quantitative estimate of drug-likeness (QED) is 0.793. The summed E-state index contributed by atoms with van der Waals surface area (Å²) in [5.41, 5.74) is 0.184. The van der Waals surface area contributed by atoms with Crippen LogP contribution in [-0.4, -0.2) is 32.2 Å². The van der Waals surface area contributed by atoms with E-state index in [4.69, 9.17) is 4.74 Å². The van der Waals surface area contributed by atoms with Gasteiger partial charge < -0.3 is 20.1 Å². The van der Waals surface area contributed by atoms with E-state index in [2.05, 4.69) is 15.4 Å². The molecule has 130 valence electrons. The largest absolute Gasteiger partial charge is 0.497 e. The van der Waals surface area contributed by atoms with Crippen LogP contribution in [0.25, 0.3) is 0 Å². The molecule has 1 aliphatic rings. The van der Waals surface area contributed by atoms with E-state index in [1.165, 1.54) is 25.3 Å². The van der Waals surface area contributed by atoms with Crippen molar-refractivity contribution in [2.75, 3.05) is 19.0 Å². The second-order valence-electron chi connectivity index (χ2n) is 5.12. The zero-order valence-corrected chi connectivity index (χ0v) is 13.6. The van der Waals surface area contributed by atoms with Crippen LogP contribution >= 0.6 is 12.4 Å². The highest BCUT2D eigenvalue weighted by atomic mass is 35.5. The van der Waals surface area contributed by atoms with E-state index >= 15 is 0 Å². The molecule has 1 atom stereocenters. The highest BCUT2D eigenvalue weighted by molar-refractivity contribution is 5.92. The highest BCUT2D eigenvalue weighted by Crippen LogP contribution is 2.30. The van der Waals surface area contributed by atoms with Crippen LogP contribution in [0.15, 0.2) is 18.2 Å². The Labute approximate surface area is 140 Å². The highest BCUT2D eigenvalue weighted by Gasteiger charge is 2.17. The van der Waals surface area contributed by atoms with Gasteiger partial charge in [-0.2, -0.15) is 8.78 Å². The molecule has 1 unspecified atom stereocenters. The van der Waals surface area contributed by atoms with Crippen molar-refractivity contribution in [1.29, 1.82) is 0 Å². The molecule has 5 nitrogen and oxygen atoms in total. The van der Waals surface area contributed by atoms with Gasteiger partial charge in [0.2, 0.25) is 5.91 Å². The number of methoxy groups -OCH3 is 1. The first-order chi connectivity index (χ1) is 10.6. The molecule has 0 saturated carbocycles. The van der Waals surface area contributed by atoms with Crippen molar-refractivity contribution in [2.24, 2.45) is 0 Å².